The average molecular weight is 327 g/mol. The van der Waals surface area contributed by atoms with E-state index in [9.17, 15) is 9.59 Å². The van der Waals surface area contributed by atoms with Crippen molar-refractivity contribution in [2.24, 2.45) is 17.6 Å². The van der Waals surface area contributed by atoms with Gasteiger partial charge in [0, 0.05) is 17.3 Å². The van der Waals surface area contributed by atoms with Crippen LogP contribution in [0.15, 0.2) is 47.3 Å². The molecule has 1 fully saturated rings. The van der Waals surface area contributed by atoms with Gasteiger partial charge >= 0.3 is 0 Å². The van der Waals surface area contributed by atoms with Gasteiger partial charge in [-0.15, -0.1) is 0 Å². The fourth-order valence-electron chi connectivity index (χ4n) is 3.17. The van der Waals surface area contributed by atoms with Gasteiger partial charge < -0.3 is 20.8 Å². The van der Waals surface area contributed by atoms with Crippen LogP contribution in [0.3, 0.4) is 0 Å². The van der Waals surface area contributed by atoms with Crippen LogP contribution in [0.5, 0.6) is 0 Å². The minimum atomic E-state index is -0.258. The number of amides is 2. The van der Waals surface area contributed by atoms with Gasteiger partial charge in [-0.05, 0) is 49.6 Å². The van der Waals surface area contributed by atoms with Crippen molar-refractivity contribution in [1.29, 1.82) is 0 Å². The van der Waals surface area contributed by atoms with Crippen molar-refractivity contribution in [3.8, 4) is 0 Å². The van der Waals surface area contributed by atoms with Crippen molar-refractivity contribution in [2.45, 2.75) is 19.3 Å². The fourth-order valence-corrected chi connectivity index (χ4v) is 3.17. The Balaban J connectivity index is 1.65. The monoisotopic (exact) mass is 327 g/mol. The number of anilines is 2. The highest BCUT2D eigenvalue weighted by Crippen LogP contribution is 2.32. The van der Waals surface area contributed by atoms with Crippen LogP contribution in [0.1, 0.15) is 29.6 Å². The van der Waals surface area contributed by atoms with Crippen LogP contribution in [-0.2, 0) is 4.79 Å². The highest BCUT2D eigenvalue weighted by atomic mass is 16.3. The van der Waals surface area contributed by atoms with Gasteiger partial charge in [-0.1, -0.05) is 12.5 Å². The van der Waals surface area contributed by atoms with E-state index in [0.717, 1.165) is 19.3 Å². The van der Waals surface area contributed by atoms with Crippen molar-refractivity contribution in [3.05, 3.63) is 48.4 Å². The maximum absolute atomic E-state index is 12.4. The molecule has 1 aliphatic rings. The molecule has 1 aromatic carbocycles. The summed E-state index contributed by atoms with van der Waals surface area (Å²) in [6.07, 6.45) is 5.76. The number of hydrogen-bond donors (Lipinski definition) is 3. The molecule has 0 unspecified atom stereocenters. The summed E-state index contributed by atoms with van der Waals surface area (Å²) in [5.41, 5.74) is 7.46. The Bertz CT molecular complexity index is 712. The molecule has 1 aromatic heterocycles. The number of carbonyl (C=O) groups excluding carboxylic acids is 2. The third kappa shape index (κ3) is 3.65. The molecule has 126 valence electrons. The molecule has 0 saturated heterocycles. The van der Waals surface area contributed by atoms with E-state index in [4.69, 9.17) is 10.2 Å². The molecule has 0 aliphatic heterocycles. The number of hydrogen-bond acceptors (Lipinski definition) is 4. The summed E-state index contributed by atoms with van der Waals surface area (Å²) in [6, 6.07) is 8.69. The van der Waals surface area contributed by atoms with E-state index >= 15 is 0 Å². The van der Waals surface area contributed by atoms with Crippen molar-refractivity contribution in [2.75, 3.05) is 17.2 Å². The normalized spacial score (nSPS) is 19.9. The van der Waals surface area contributed by atoms with Gasteiger partial charge in [0.25, 0.3) is 5.91 Å². The zero-order chi connectivity index (χ0) is 16.9. The summed E-state index contributed by atoms with van der Waals surface area (Å²) in [6.45, 7) is 0.541. The smallest absolute Gasteiger partial charge is 0.258 e. The first-order chi connectivity index (χ1) is 11.7. The summed E-state index contributed by atoms with van der Waals surface area (Å²) in [5, 5.41) is 5.71. The molecule has 0 spiro atoms. The lowest BCUT2D eigenvalue weighted by Gasteiger charge is -2.17. The van der Waals surface area contributed by atoms with Gasteiger partial charge in [0.2, 0.25) is 5.91 Å². The van der Waals surface area contributed by atoms with Crippen molar-refractivity contribution in [3.63, 3.8) is 0 Å². The minimum Gasteiger partial charge on any atom is -0.472 e. The molecule has 2 aromatic rings. The molecular formula is C18H21N3O3. The third-order valence-corrected chi connectivity index (χ3v) is 4.47. The van der Waals surface area contributed by atoms with Gasteiger partial charge in [-0.25, -0.2) is 0 Å². The summed E-state index contributed by atoms with van der Waals surface area (Å²) >= 11 is 0. The fraction of sp³-hybridized carbons (Fsp3) is 0.333. The van der Waals surface area contributed by atoms with Crippen molar-refractivity contribution in [1.82, 2.24) is 0 Å². The van der Waals surface area contributed by atoms with Gasteiger partial charge in [0.15, 0.2) is 0 Å². The van der Waals surface area contributed by atoms with Crippen LogP contribution in [0.2, 0.25) is 0 Å². The van der Waals surface area contributed by atoms with Gasteiger partial charge in [-0.3, -0.25) is 9.59 Å². The standard InChI is InChI=1S/C18H21N3O3/c19-10-12-3-1-6-16(12)18(23)21-15-5-2-4-14(9-15)20-17(22)13-7-8-24-11-13/h2,4-5,7-9,11-12,16H,1,3,6,10,19H2,(H,20,22)(H,21,23)/t12-,16-/m1/s1. The maximum atomic E-state index is 12.4. The summed E-state index contributed by atoms with van der Waals surface area (Å²) in [7, 11) is 0. The average Bonchev–Trinajstić information content (AvgIpc) is 3.26. The molecule has 6 heteroatoms. The van der Waals surface area contributed by atoms with Crippen molar-refractivity contribution < 1.29 is 14.0 Å². The highest BCUT2D eigenvalue weighted by molar-refractivity contribution is 6.04. The predicted molar refractivity (Wildman–Crippen MR) is 91.6 cm³/mol. The van der Waals surface area contributed by atoms with E-state index in [1.54, 1.807) is 30.3 Å². The lowest BCUT2D eigenvalue weighted by atomic mass is 9.95. The van der Waals surface area contributed by atoms with E-state index in [1.807, 2.05) is 0 Å². The number of furan rings is 1. The van der Waals surface area contributed by atoms with Crippen LogP contribution >= 0.6 is 0 Å². The number of nitrogens with two attached hydrogens (primary N) is 1. The molecule has 6 nitrogen and oxygen atoms in total. The number of benzene rings is 1. The molecule has 0 radical (unpaired) electrons. The summed E-state index contributed by atoms with van der Waals surface area (Å²) < 4.78 is 4.90. The number of nitrogens with one attached hydrogen (secondary N) is 2. The first-order valence-corrected chi connectivity index (χ1v) is 8.12. The van der Waals surface area contributed by atoms with Gasteiger partial charge in [0.1, 0.15) is 6.26 Å². The minimum absolute atomic E-state index is 0.00117. The highest BCUT2D eigenvalue weighted by Gasteiger charge is 2.31. The van der Waals surface area contributed by atoms with E-state index in [1.165, 1.54) is 12.5 Å². The lowest BCUT2D eigenvalue weighted by Crippen LogP contribution is -2.29. The molecule has 2 atom stereocenters. The number of rotatable bonds is 5. The van der Waals surface area contributed by atoms with Gasteiger partial charge in [-0.2, -0.15) is 0 Å². The predicted octanol–water partition coefficient (Wildman–Crippen LogP) is 2.85. The van der Waals surface area contributed by atoms with Crippen molar-refractivity contribution >= 4 is 23.2 Å². The molecule has 3 rings (SSSR count). The largest absolute Gasteiger partial charge is 0.472 e. The van der Waals surface area contributed by atoms with Crippen LogP contribution in [-0.4, -0.2) is 18.4 Å². The topological polar surface area (TPSA) is 97.4 Å². The Morgan fingerprint density at radius 1 is 1.17 bits per heavy atom. The summed E-state index contributed by atoms with van der Waals surface area (Å²) in [4.78, 5) is 24.5. The zero-order valence-electron chi connectivity index (χ0n) is 13.3. The molecular weight excluding hydrogens is 306 g/mol. The quantitative estimate of drug-likeness (QED) is 0.786. The Morgan fingerprint density at radius 3 is 2.67 bits per heavy atom. The second-order valence-corrected chi connectivity index (χ2v) is 6.07. The molecule has 2 amide bonds. The second kappa shape index (κ2) is 7.31. The molecule has 1 heterocycles. The molecule has 4 N–H and O–H groups in total. The van der Waals surface area contributed by atoms with E-state index < -0.39 is 0 Å². The molecule has 1 aliphatic carbocycles. The SMILES string of the molecule is NC[C@H]1CCC[C@H]1C(=O)Nc1cccc(NC(=O)c2ccoc2)c1. The molecule has 24 heavy (non-hydrogen) atoms. The maximum Gasteiger partial charge on any atom is 0.258 e. The van der Waals surface area contributed by atoms with Crippen LogP contribution in [0.4, 0.5) is 11.4 Å². The zero-order valence-corrected chi connectivity index (χ0v) is 13.3. The Morgan fingerprint density at radius 2 is 1.96 bits per heavy atom. The first kappa shape index (κ1) is 16.3. The molecule has 0 bridgehead atoms. The number of carbonyl (C=O) groups is 2. The van der Waals surface area contributed by atoms with Gasteiger partial charge in [0.05, 0.1) is 11.8 Å². The Labute approximate surface area is 140 Å². The van der Waals surface area contributed by atoms with E-state index in [0.29, 0.717) is 23.5 Å². The second-order valence-electron chi connectivity index (χ2n) is 6.07. The van der Waals surface area contributed by atoms with Crippen LogP contribution < -0.4 is 16.4 Å². The Kier molecular flexibility index (Phi) is 4.96. The summed E-state index contributed by atoms with van der Waals surface area (Å²) in [5.74, 6) is -0.0272. The molecule has 1 saturated carbocycles. The van der Waals surface area contributed by atoms with Crippen LogP contribution in [0, 0.1) is 11.8 Å². The lowest BCUT2D eigenvalue weighted by molar-refractivity contribution is -0.120. The van der Waals surface area contributed by atoms with Crippen LogP contribution in [0.25, 0.3) is 0 Å². The first-order valence-electron chi connectivity index (χ1n) is 8.12. The van der Waals surface area contributed by atoms with E-state index in [-0.39, 0.29) is 23.7 Å². The van der Waals surface area contributed by atoms with E-state index in [2.05, 4.69) is 10.6 Å². The third-order valence-electron chi connectivity index (χ3n) is 4.47. The Hall–Kier alpha value is -2.60.